The van der Waals surface area contributed by atoms with Crippen molar-refractivity contribution in [3.63, 3.8) is 0 Å². The van der Waals surface area contributed by atoms with E-state index in [0.717, 1.165) is 40.7 Å². The number of Topliss-reactive ketones (excluding diaryl/α,β-unsaturated/α-hetero) is 1. The van der Waals surface area contributed by atoms with Gasteiger partial charge in [0.2, 0.25) is 17.7 Å². The van der Waals surface area contributed by atoms with Gasteiger partial charge in [0.25, 0.3) is 0 Å². The Bertz CT molecular complexity index is 1230. The topological polar surface area (TPSA) is 114 Å². The molecule has 0 saturated heterocycles. The number of amides is 2. The Morgan fingerprint density at radius 2 is 1.63 bits per heavy atom. The quantitative estimate of drug-likeness (QED) is 0.166. The Labute approximate surface area is 232 Å². The number of unbranched alkanes of at least 4 members (excludes halogenated alkanes) is 3. The van der Waals surface area contributed by atoms with Crippen LogP contribution in [0, 0.1) is 0 Å². The zero-order valence-corrected chi connectivity index (χ0v) is 24.1. The summed E-state index contributed by atoms with van der Waals surface area (Å²) in [4.78, 5) is 44.7. The van der Waals surface area contributed by atoms with Gasteiger partial charge in [-0.15, -0.1) is 23.1 Å². The molecule has 0 aliphatic heterocycles. The summed E-state index contributed by atoms with van der Waals surface area (Å²) in [5.74, 6) is 2.10. The maximum absolute atomic E-state index is 12.4. The number of nitrogens with zero attached hydrogens (tertiary/aromatic N) is 2. The van der Waals surface area contributed by atoms with Gasteiger partial charge < -0.3 is 15.1 Å². The monoisotopic (exact) mass is 556 g/mol. The van der Waals surface area contributed by atoms with E-state index < -0.39 is 0 Å². The number of carbonyl (C=O) groups excluding carboxylic acids is 3. The van der Waals surface area contributed by atoms with E-state index in [9.17, 15) is 14.4 Å². The molecule has 2 aromatic heterocycles. The van der Waals surface area contributed by atoms with Crippen molar-refractivity contribution < 1.29 is 18.8 Å². The molecule has 0 bridgehead atoms. The third-order valence-electron chi connectivity index (χ3n) is 5.63. The second kappa shape index (κ2) is 14.2. The predicted octanol–water partition coefficient (Wildman–Crippen LogP) is 6.77. The van der Waals surface area contributed by atoms with Crippen molar-refractivity contribution in [2.45, 2.75) is 88.0 Å². The van der Waals surface area contributed by atoms with E-state index in [1.807, 2.05) is 12.3 Å². The third-order valence-corrected chi connectivity index (χ3v) is 7.81. The molecule has 3 aromatic rings. The lowest BCUT2D eigenvalue weighted by Crippen LogP contribution is -2.14. The van der Waals surface area contributed by atoms with Gasteiger partial charge in [0, 0.05) is 25.2 Å². The van der Waals surface area contributed by atoms with E-state index in [1.54, 1.807) is 47.5 Å². The highest BCUT2D eigenvalue weighted by molar-refractivity contribution is 8.00. The van der Waals surface area contributed by atoms with Gasteiger partial charge >= 0.3 is 0 Å². The van der Waals surface area contributed by atoms with Crippen molar-refractivity contribution in [2.24, 2.45) is 0 Å². The van der Waals surface area contributed by atoms with Gasteiger partial charge in [0.05, 0.1) is 40.2 Å². The number of nitrogens with one attached hydrogen (secondary N) is 2. The molecule has 1 aromatic carbocycles. The number of para-hydroxylation sites is 2. The van der Waals surface area contributed by atoms with Gasteiger partial charge in [-0.2, -0.15) is 0 Å². The highest BCUT2D eigenvalue weighted by Crippen LogP contribution is 2.30. The molecule has 38 heavy (non-hydrogen) atoms. The van der Waals surface area contributed by atoms with Gasteiger partial charge in [-0.25, -0.2) is 9.97 Å². The zero-order chi connectivity index (χ0) is 27.5. The normalized spacial score (nSPS) is 11.4. The summed E-state index contributed by atoms with van der Waals surface area (Å²) in [7, 11) is 0. The summed E-state index contributed by atoms with van der Waals surface area (Å²) in [6.45, 7) is 7.71. The lowest BCUT2D eigenvalue weighted by atomic mass is 9.94. The van der Waals surface area contributed by atoms with Crippen LogP contribution in [-0.4, -0.2) is 27.6 Å². The number of rotatable bonds is 14. The van der Waals surface area contributed by atoms with Crippen LogP contribution in [0.5, 0.6) is 0 Å². The van der Waals surface area contributed by atoms with Gasteiger partial charge in [0.1, 0.15) is 16.6 Å². The zero-order valence-electron chi connectivity index (χ0n) is 22.5. The van der Waals surface area contributed by atoms with Gasteiger partial charge in [-0.05, 0) is 25.0 Å². The van der Waals surface area contributed by atoms with E-state index in [4.69, 9.17) is 4.42 Å². The average molecular weight is 557 g/mol. The van der Waals surface area contributed by atoms with Crippen LogP contribution in [0.1, 0.15) is 82.9 Å². The first-order valence-corrected chi connectivity index (χ1v) is 14.6. The number of thiazole rings is 1. The Hall–Kier alpha value is -2.98. The fourth-order valence-corrected chi connectivity index (χ4v) is 5.52. The first-order valence-electron chi connectivity index (χ1n) is 12.8. The SMILES string of the molecule is CC(=O)Nc1ccccc1NC(=O)CCCCCCC(=O)Cc1ncc(SCc2ncc(C(C)(C)C)o2)s1. The maximum Gasteiger partial charge on any atom is 0.224 e. The number of oxazole rings is 1. The minimum atomic E-state index is -0.187. The Morgan fingerprint density at radius 3 is 2.29 bits per heavy atom. The summed E-state index contributed by atoms with van der Waals surface area (Å²) < 4.78 is 6.88. The van der Waals surface area contributed by atoms with Crippen LogP contribution in [0.2, 0.25) is 0 Å². The number of anilines is 2. The molecule has 204 valence electrons. The molecule has 0 saturated carbocycles. The maximum atomic E-state index is 12.4. The lowest BCUT2D eigenvalue weighted by molar-refractivity contribution is -0.119. The van der Waals surface area contributed by atoms with Crippen molar-refractivity contribution in [2.75, 3.05) is 10.6 Å². The Kier molecular flexibility index (Phi) is 11.1. The Morgan fingerprint density at radius 1 is 0.947 bits per heavy atom. The van der Waals surface area contributed by atoms with Gasteiger partial charge in [-0.3, -0.25) is 14.4 Å². The van der Waals surface area contributed by atoms with Crippen molar-refractivity contribution in [1.29, 1.82) is 0 Å². The van der Waals surface area contributed by atoms with Crippen LogP contribution in [0.3, 0.4) is 0 Å². The van der Waals surface area contributed by atoms with E-state index in [-0.39, 0.29) is 23.0 Å². The molecule has 2 heterocycles. The summed E-state index contributed by atoms with van der Waals surface area (Å²) in [5.41, 5.74) is 1.11. The molecule has 0 aliphatic carbocycles. The molecular formula is C28H36N4O4S2. The first kappa shape index (κ1) is 29.6. The second-order valence-corrected chi connectivity index (χ2v) is 12.5. The van der Waals surface area contributed by atoms with Crippen LogP contribution in [0.25, 0.3) is 0 Å². The van der Waals surface area contributed by atoms with Crippen molar-refractivity contribution in [1.82, 2.24) is 9.97 Å². The highest BCUT2D eigenvalue weighted by Gasteiger charge is 2.19. The largest absolute Gasteiger partial charge is 0.444 e. The number of hydrogen-bond acceptors (Lipinski definition) is 8. The van der Waals surface area contributed by atoms with E-state index in [1.165, 1.54) is 6.92 Å². The minimum absolute atomic E-state index is 0.0646. The molecule has 3 rings (SSSR count). The first-order chi connectivity index (χ1) is 18.1. The molecular weight excluding hydrogens is 520 g/mol. The van der Waals surface area contributed by atoms with Crippen molar-refractivity contribution in [3.8, 4) is 0 Å². The average Bonchev–Trinajstić information content (AvgIpc) is 3.50. The standard InChI is InChI=1S/C28H36N4O4S2/c1-19(33)31-21-12-9-10-13-22(21)32-24(35)14-8-6-5-7-11-20(34)15-26-30-17-27(38-26)37-18-25-29-16-23(36-25)28(2,3)4/h9-10,12-13,16-17H,5-8,11,14-15,18H2,1-4H3,(H,31,33)(H,32,35). The molecule has 0 fully saturated rings. The van der Waals surface area contributed by atoms with E-state index in [2.05, 4.69) is 41.4 Å². The molecule has 0 unspecified atom stereocenters. The fourth-order valence-electron chi connectivity index (χ4n) is 3.62. The minimum Gasteiger partial charge on any atom is -0.444 e. The highest BCUT2D eigenvalue weighted by atomic mass is 32.2. The molecule has 8 nitrogen and oxygen atoms in total. The molecule has 10 heteroatoms. The predicted molar refractivity (Wildman–Crippen MR) is 153 cm³/mol. The second-order valence-electron chi connectivity index (χ2n) is 10.1. The fraction of sp³-hybridized carbons (Fsp3) is 0.464. The number of carbonyl (C=O) groups is 3. The number of thioether (sulfide) groups is 1. The summed E-state index contributed by atoms with van der Waals surface area (Å²) in [6.07, 6.45) is 8.20. The molecule has 0 spiro atoms. The number of hydrogen-bond donors (Lipinski definition) is 2. The molecule has 0 atom stereocenters. The van der Waals surface area contributed by atoms with E-state index >= 15 is 0 Å². The van der Waals surface area contributed by atoms with Crippen molar-refractivity contribution in [3.05, 3.63) is 53.3 Å². The van der Waals surface area contributed by atoms with Gasteiger partial charge in [-0.1, -0.05) is 45.7 Å². The molecule has 2 amide bonds. The molecule has 0 aliphatic rings. The van der Waals surface area contributed by atoms with Crippen LogP contribution >= 0.6 is 23.1 Å². The van der Waals surface area contributed by atoms with Crippen LogP contribution in [-0.2, 0) is 32.0 Å². The third kappa shape index (κ3) is 10.1. The number of benzene rings is 1. The Balaban J connectivity index is 1.28. The smallest absolute Gasteiger partial charge is 0.224 e. The summed E-state index contributed by atoms with van der Waals surface area (Å²) >= 11 is 3.16. The molecule has 2 N–H and O–H groups in total. The van der Waals surface area contributed by atoms with Gasteiger partial charge in [0.15, 0.2) is 0 Å². The van der Waals surface area contributed by atoms with Crippen LogP contribution in [0.4, 0.5) is 11.4 Å². The van der Waals surface area contributed by atoms with Crippen molar-refractivity contribution >= 4 is 52.1 Å². The molecule has 0 radical (unpaired) electrons. The number of aromatic nitrogens is 2. The number of ketones is 1. The summed E-state index contributed by atoms with van der Waals surface area (Å²) in [6, 6.07) is 7.12. The van der Waals surface area contributed by atoms with E-state index in [0.29, 0.717) is 42.3 Å². The van der Waals surface area contributed by atoms with Crippen LogP contribution < -0.4 is 10.6 Å². The lowest BCUT2D eigenvalue weighted by Gasteiger charge is -2.12. The summed E-state index contributed by atoms with van der Waals surface area (Å²) in [5, 5.41) is 6.40. The van der Waals surface area contributed by atoms with Crippen LogP contribution in [0.15, 0.2) is 45.3 Å².